The van der Waals surface area contributed by atoms with Gasteiger partial charge in [0, 0.05) is 11.3 Å². The third-order valence-corrected chi connectivity index (χ3v) is 3.80. The number of rotatable bonds is 5. The van der Waals surface area contributed by atoms with Crippen molar-refractivity contribution in [3.05, 3.63) is 90.0 Å². The van der Waals surface area contributed by atoms with Gasteiger partial charge in [-0.25, -0.2) is 0 Å². The number of benzene rings is 3. The van der Waals surface area contributed by atoms with E-state index < -0.39 is 5.97 Å². The monoisotopic (exact) mass is 331 g/mol. The van der Waals surface area contributed by atoms with Gasteiger partial charge in [0.15, 0.2) is 0 Å². The lowest BCUT2D eigenvalue weighted by atomic mass is 10.0. The van der Waals surface area contributed by atoms with E-state index in [2.05, 4.69) is 5.32 Å². The van der Waals surface area contributed by atoms with Gasteiger partial charge in [-0.05, 0) is 41.0 Å². The zero-order valence-corrected chi connectivity index (χ0v) is 13.5. The maximum atomic E-state index is 12.5. The first-order valence-corrected chi connectivity index (χ1v) is 7.89. The first-order valence-electron chi connectivity index (χ1n) is 7.89. The molecule has 1 amide bonds. The Balaban J connectivity index is 1.74. The standard InChI is InChI=1S/C21H17NO3/c23-20(24)13-15-9-11-19(12-10-15)22-21(25)18-8-4-7-17(14-18)16-5-2-1-3-6-16/h1-12,14H,13H2,(H,22,25)(H,23,24). The molecule has 3 aromatic carbocycles. The minimum absolute atomic E-state index is 0.0344. The van der Waals surface area contributed by atoms with Crippen LogP contribution in [0.1, 0.15) is 15.9 Å². The zero-order valence-electron chi connectivity index (χ0n) is 13.5. The van der Waals surface area contributed by atoms with Gasteiger partial charge in [-0.2, -0.15) is 0 Å². The maximum Gasteiger partial charge on any atom is 0.307 e. The molecule has 0 aliphatic carbocycles. The molecule has 0 heterocycles. The minimum atomic E-state index is -0.880. The van der Waals surface area contributed by atoms with Crippen LogP contribution in [-0.2, 0) is 11.2 Å². The number of carbonyl (C=O) groups is 2. The molecule has 3 rings (SSSR count). The van der Waals surface area contributed by atoms with Crippen molar-refractivity contribution in [3.63, 3.8) is 0 Å². The molecule has 3 aromatic rings. The Morgan fingerprint density at radius 1 is 0.800 bits per heavy atom. The molecule has 4 nitrogen and oxygen atoms in total. The van der Waals surface area contributed by atoms with Crippen molar-refractivity contribution in [3.8, 4) is 11.1 Å². The largest absolute Gasteiger partial charge is 0.481 e. The molecule has 0 radical (unpaired) electrons. The van der Waals surface area contributed by atoms with Gasteiger partial charge in [0.25, 0.3) is 5.91 Å². The van der Waals surface area contributed by atoms with E-state index in [1.807, 2.05) is 48.5 Å². The molecule has 0 bridgehead atoms. The molecule has 124 valence electrons. The molecule has 0 spiro atoms. The Morgan fingerprint density at radius 2 is 1.48 bits per heavy atom. The number of hydrogen-bond donors (Lipinski definition) is 2. The summed E-state index contributed by atoms with van der Waals surface area (Å²) in [6.07, 6.45) is -0.0344. The van der Waals surface area contributed by atoms with Crippen LogP contribution < -0.4 is 5.32 Å². The molecule has 0 aliphatic heterocycles. The normalized spacial score (nSPS) is 10.2. The Kier molecular flexibility index (Phi) is 4.90. The second-order valence-electron chi connectivity index (χ2n) is 5.67. The van der Waals surface area contributed by atoms with Crippen molar-refractivity contribution in [2.75, 3.05) is 5.32 Å². The number of carbonyl (C=O) groups excluding carboxylic acids is 1. The second-order valence-corrected chi connectivity index (χ2v) is 5.67. The van der Waals surface area contributed by atoms with Crippen LogP contribution in [0, 0.1) is 0 Å². The van der Waals surface area contributed by atoms with Crippen LogP contribution in [0.5, 0.6) is 0 Å². The molecule has 0 unspecified atom stereocenters. The lowest BCUT2D eigenvalue weighted by molar-refractivity contribution is -0.136. The number of hydrogen-bond acceptors (Lipinski definition) is 2. The fraction of sp³-hybridized carbons (Fsp3) is 0.0476. The summed E-state index contributed by atoms with van der Waals surface area (Å²) in [6, 6.07) is 24.1. The molecule has 4 heteroatoms. The summed E-state index contributed by atoms with van der Waals surface area (Å²) in [5.74, 6) is -1.08. The summed E-state index contributed by atoms with van der Waals surface area (Å²) >= 11 is 0. The van der Waals surface area contributed by atoms with Crippen molar-refractivity contribution in [2.45, 2.75) is 6.42 Å². The van der Waals surface area contributed by atoms with Crippen LogP contribution >= 0.6 is 0 Å². The first-order chi connectivity index (χ1) is 12.1. The highest BCUT2D eigenvalue weighted by atomic mass is 16.4. The molecule has 0 aromatic heterocycles. The van der Waals surface area contributed by atoms with Crippen molar-refractivity contribution in [2.24, 2.45) is 0 Å². The Labute approximate surface area is 145 Å². The number of carboxylic acid groups (broad SMARTS) is 1. The van der Waals surface area contributed by atoms with E-state index in [0.29, 0.717) is 16.8 Å². The predicted molar refractivity (Wildman–Crippen MR) is 97.6 cm³/mol. The number of amides is 1. The van der Waals surface area contributed by atoms with E-state index in [4.69, 9.17) is 5.11 Å². The van der Waals surface area contributed by atoms with Crippen LogP contribution in [0.4, 0.5) is 5.69 Å². The van der Waals surface area contributed by atoms with E-state index in [1.54, 1.807) is 30.3 Å². The highest BCUT2D eigenvalue weighted by Gasteiger charge is 2.08. The summed E-state index contributed by atoms with van der Waals surface area (Å²) in [5.41, 5.74) is 3.91. The van der Waals surface area contributed by atoms with Gasteiger partial charge in [0.05, 0.1) is 6.42 Å². The van der Waals surface area contributed by atoms with Gasteiger partial charge in [-0.3, -0.25) is 9.59 Å². The topological polar surface area (TPSA) is 66.4 Å². The van der Waals surface area contributed by atoms with Gasteiger partial charge in [0.2, 0.25) is 0 Å². The first kappa shape index (κ1) is 16.5. The molecular weight excluding hydrogens is 314 g/mol. The average molecular weight is 331 g/mol. The van der Waals surface area contributed by atoms with Crippen molar-refractivity contribution >= 4 is 17.6 Å². The molecule has 2 N–H and O–H groups in total. The van der Waals surface area contributed by atoms with Gasteiger partial charge < -0.3 is 10.4 Å². The number of aliphatic carboxylic acids is 1. The highest BCUT2D eigenvalue weighted by Crippen LogP contribution is 2.20. The van der Waals surface area contributed by atoms with Gasteiger partial charge in [-0.15, -0.1) is 0 Å². The summed E-state index contributed by atoms with van der Waals surface area (Å²) < 4.78 is 0. The van der Waals surface area contributed by atoms with Crippen molar-refractivity contribution < 1.29 is 14.7 Å². The minimum Gasteiger partial charge on any atom is -0.481 e. The van der Waals surface area contributed by atoms with Crippen molar-refractivity contribution in [1.29, 1.82) is 0 Å². The lowest BCUT2D eigenvalue weighted by Crippen LogP contribution is -2.12. The molecule has 0 saturated carbocycles. The van der Waals surface area contributed by atoms with Crippen molar-refractivity contribution in [1.82, 2.24) is 0 Å². The molecule has 0 fully saturated rings. The number of anilines is 1. The summed E-state index contributed by atoms with van der Waals surface area (Å²) in [4.78, 5) is 23.2. The maximum absolute atomic E-state index is 12.5. The summed E-state index contributed by atoms with van der Waals surface area (Å²) in [6.45, 7) is 0. The van der Waals surface area contributed by atoms with E-state index in [9.17, 15) is 9.59 Å². The van der Waals surface area contributed by atoms with Crippen LogP contribution in [0.3, 0.4) is 0 Å². The predicted octanol–water partition coefficient (Wildman–Crippen LogP) is 4.23. The molecular formula is C21H17NO3. The van der Waals surface area contributed by atoms with E-state index in [-0.39, 0.29) is 12.3 Å². The van der Waals surface area contributed by atoms with Crippen LogP contribution in [0.2, 0.25) is 0 Å². The lowest BCUT2D eigenvalue weighted by Gasteiger charge is -2.08. The third kappa shape index (κ3) is 4.32. The zero-order chi connectivity index (χ0) is 17.6. The van der Waals surface area contributed by atoms with Gasteiger partial charge in [-0.1, -0.05) is 54.6 Å². The van der Waals surface area contributed by atoms with E-state index in [0.717, 1.165) is 11.1 Å². The third-order valence-electron chi connectivity index (χ3n) is 3.80. The van der Waals surface area contributed by atoms with Crippen LogP contribution in [0.15, 0.2) is 78.9 Å². The average Bonchev–Trinajstić information content (AvgIpc) is 2.64. The summed E-state index contributed by atoms with van der Waals surface area (Å²) in [5, 5.41) is 11.6. The molecule has 0 saturated heterocycles. The molecule has 0 atom stereocenters. The quantitative estimate of drug-likeness (QED) is 0.735. The smallest absolute Gasteiger partial charge is 0.307 e. The Morgan fingerprint density at radius 3 is 2.16 bits per heavy atom. The molecule has 25 heavy (non-hydrogen) atoms. The number of nitrogens with one attached hydrogen (secondary N) is 1. The highest BCUT2D eigenvalue weighted by molar-refractivity contribution is 6.05. The van der Waals surface area contributed by atoms with E-state index in [1.165, 1.54) is 0 Å². The van der Waals surface area contributed by atoms with Crippen LogP contribution in [-0.4, -0.2) is 17.0 Å². The SMILES string of the molecule is O=C(O)Cc1ccc(NC(=O)c2cccc(-c3ccccc3)c2)cc1. The Hall–Kier alpha value is -3.40. The fourth-order valence-electron chi connectivity index (χ4n) is 2.55. The Bertz CT molecular complexity index is 887. The number of carboxylic acids is 1. The van der Waals surface area contributed by atoms with Crippen LogP contribution in [0.25, 0.3) is 11.1 Å². The fourth-order valence-corrected chi connectivity index (χ4v) is 2.55. The van der Waals surface area contributed by atoms with Gasteiger partial charge in [0.1, 0.15) is 0 Å². The molecule has 0 aliphatic rings. The van der Waals surface area contributed by atoms with E-state index >= 15 is 0 Å². The second kappa shape index (κ2) is 7.45. The van der Waals surface area contributed by atoms with Gasteiger partial charge >= 0.3 is 5.97 Å². The summed E-state index contributed by atoms with van der Waals surface area (Å²) in [7, 11) is 0.